The highest BCUT2D eigenvalue weighted by Gasteiger charge is 2.09. The molecule has 0 saturated heterocycles. The fourth-order valence-electron chi connectivity index (χ4n) is 2.76. The van der Waals surface area contributed by atoms with E-state index in [1.807, 2.05) is 37.3 Å². The number of fused-ring (bicyclic) bond motifs is 1. The van der Waals surface area contributed by atoms with Gasteiger partial charge >= 0.3 is 0 Å². The number of methoxy groups -OCH3 is 1. The molecule has 0 radical (unpaired) electrons. The molecule has 3 rings (SSSR count). The Morgan fingerprint density at radius 2 is 2.12 bits per heavy atom. The minimum Gasteiger partial charge on any atom is -0.465 e. The Balaban J connectivity index is 1.88. The lowest BCUT2D eigenvalue weighted by Gasteiger charge is -2.13. The van der Waals surface area contributed by atoms with Gasteiger partial charge in [-0.25, -0.2) is 4.98 Å². The van der Waals surface area contributed by atoms with Crippen LogP contribution in [0.5, 0.6) is 0 Å². The third-order valence-electron chi connectivity index (χ3n) is 3.99. The number of hydrogen-bond acceptors (Lipinski definition) is 5. The number of hydrogen-bond donors (Lipinski definition) is 2. The maximum Gasteiger partial charge on any atom is 0.130 e. The molecule has 0 amide bonds. The molecular weight excluding hydrogens is 302 g/mol. The zero-order chi connectivity index (χ0) is 16.9. The van der Waals surface area contributed by atoms with E-state index in [9.17, 15) is 0 Å². The van der Waals surface area contributed by atoms with E-state index in [4.69, 9.17) is 19.9 Å². The van der Waals surface area contributed by atoms with Crippen LogP contribution in [0.1, 0.15) is 23.5 Å². The fraction of sp³-hybridized carbons (Fsp3) is 0.316. The zero-order valence-corrected chi connectivity index (χ0v) is 14.1. The summed E-state index contributed by atoms with van der Waals surface area (Å²) in [7, 11) is 1.72. The van der Waals surface area contributed by atoms with Crippen molar-refractivity contribution in [3.63, 3.8) is 0 Å². The van der Waals surface area contributed by atoms with E-state index in [2.05, 4.69) is 11.4 Å². The molecule has 0 fully saturated rings. The van der Waals surface area contributed by atoms with Crippen molar-refractivity contribution in [2.75, 3.05) is 24.8 Å². The van der Waals surface area contributed by atoms with E-state index < -0.39 is 0 Å². The molecule has 0 unspecified atom stereocenters. The molecule has 1 aromatic carbocycles. The number of nitrogens with two attached hydrogens (primary N) is 1. The van der Waals surface area contributed by atoms with Crippen molar-refractivity contribution in [1.82, 2.24) is 4.98 Å². The lowest BCUT2D eigenvalue weighted by molar-refractivity contribution is 0.195. The number of rotatable bonds is 7. The van der Waals surface area contributed by atoms with Crippen LogP contribution in [0.2, 0.25) is 0 Å². The first-order valence-electron chi connectivity index (χ1n) is 8.13. The van der Waals surface area contributed by atoms with Gasteiger partial charge in [0.05, 0.1) is 12.1 Å². The Morgan fingerprint density at radius 1 is 1.25 bits per heavy atom. The summed E-state index contributed by atoms with van der Waals surface area (Å²) in [6.45, 7) is 3.27. The molecule has 0 atom stereocenters. The summed E-state index contributed by atoms with van der Waals surface area (Å²) in [5.74, 6) is 2.68. The smallest absolute Gasteiger partial charge is 0.130 e. The summed E-state index contributed by atoms with van der Waals surface area (Å²) in [4.78, 5) is 4.76. The summed E-state index contributed by atoms with van der Waals surface area (Å²) in [5, 5.41) is 4.39. The lowest BCUT2D eigenvalue weighted by atomic mass is 10.1. The number of anilines is 2. The molecule has 126 valence electrons. The lowest BCUT2D eigenvalue weighted by Crippen LogP contribution is -2.06. The van der Waals surface area contributed by atoms with E-state index in [1.165, 1.54) is 0 Å². The van der Waals surface area contributed by atoms with Gasteiger partial charge in [0, 0.05) is 24.8 Å². The van der Waals surface area contributed by atoms with Crippen LogP contribution in [-0.4, -0.2) is 18.7 Å². The van der Waals surface area contributed by atoms with Crippen molar-refractivity contribution in [2.24, 2.45) is 0 Å². The van der Waals surface area contributed by atoms with Crippen LogP contribution in [0.4, 0.5) is 11.5 Å². The second-order valence-corrected chi connectivity index (χ2v) is 5.87. The third-order valence-corrected chi connectivity index (χ3v) is 3.99. The second-order valence-electron chi connectivity index (χ2n) is 5.87. The van der Waals surface area contributed by atoms with E-state index in [1.54, 1.807) is 7.11 Å². The van der Waals surface area contributed by atoms with Crippen molar-refractivity contribution >= 4 is 22.4 Å². The van der Waals surface area contributed by atoms with E-state index in [-0.39, 0.29) is 0 Å². The first kappa shape index (κ1) is 16.3. The van der Waals surface area contributed by atoms with Gasteiger partial charge in [-0.3, -0.25) is 0 Å². The largest absolute Gasteiger partial charge is 0.465 e. The first-order chi connectivity index (χ1) is 11.7. The number of nitrogens with one attached hydrogen (secondary N) is 1. The first-order valence-corrected chi connectivity index (χ1v) is 8.13. The van der Waals surface area contributed by atoms with Crippen molar-refractivity contribution in [1.29, 1.82) is 0 Å². The van der Waals surface area contributed by atoms with Crippen LogP contribution in [0, 0.1) is 6.92 Å². The molecule has 5 nitrogen and oxygen atoms in total. The molecule has 0 spiro atoms. The average molecular weight is 325 g/mol. The maximum absolute atomic E-state index is 6.10. The highest BCUT2D eigenvalue weighted by atomic mass is 16.5. The molecule has 3 N–H and O–H groups in total. The summed E-state index contributed by atoms with van der Waals surface area (Å²) in [6, 6.07) is 11.9. The van der Waals surface area contributed by atoms with E-state index >= 15 is 0 Å². The van der Waals surface area contributed by atoms with Crippen LogP contribution < -0.4 is 11.1 Å². The van der Waals surface area contributed by atoms with Gasteiger partial charge in [-0.15, -0.1) is 0 Å². The highest BCUT2D eigenvalue weighted by Crippen LogP contribution is 2.26. The predicted molar refractivity (Wildman–Crippen MR) is 97.1 cm³/mol. The number of aromatic nitrogens is 1. The number of nitrogens with zero attached hydrogens (tertiary/aromatic N) is 1. The van der Waals surface area contributed by atoms with Gasteiger partial charge in [0.25, 0.3) is 0 Å². The van der Waals surface area contributed by atoms with Gasteiger partial charge in [-0.1, -0.05) is 6.07 Å². The van der Waals surface area contributed by atoms with Gasteiger partial charge in [0.15, 0.2) is 0 Å². The summed E-state index contributed by atoms with van der Waals surface area (Å²) in [6.07, 6.45) is 1.82. The highest BCUT2D eigenvalue weighted by molar-refractivity contribution is 5.92. The topological polar surface area (TPSA) is 73.3 Å². The molecule has 2 heterocycles. The average Bonchev–Trinajstić information content (AvgIpc) is 2.99. The van der Waals surface area contributed by atoms with Crippen LogP contribution >= 0.6 is 0 Å². The van der Waals surface area contributed by atoms with Gasteiger partial charge in [-0.05, 0) is 55.7 Å². The number of pyridine rings is 1. The molecule has 24 heavy (non-hydrogen) atoms. The van der Waals surface area contributed by atoms with Crippen molar-refractivity contribution in [3.05, 3.63) is 53.5 Å². The van der Waals surface area contributed by atoms with Crippen molar-refractivity contribution in [3.8, 4) is 0 Å². The number of ether oxygens (including phenoxy) is 1. The van der Waals surface area contributed by atoms with Crippen LogP contribution in [-0.2, 0) is 17.7 Å². The molecule has 0 aliphatic rings. The molecule has 3 aromatic rings. The predicted octanol–water partition coefficient (Wildman–Crippen LogP) is 3.91. The Bertz CT molecular complexity index is 827. The van der Waals surface area contributed by atoms with Gasteiger partial charge < -0.3 is 20.2 Å². The standard InChI is InChI=1S/C19H23N3O2/c1-13-8-9-15(24-13)12-21-19-14(5-4-10-23-2)11-16-17(20)6-3-7-18(16)22-19/h3,6-9,11H,4-5,10,12,20H2,1-2H3,(H,21,22). The SMILES string of the molecule is COCCCc1cc2c(N)cccc2nc1NCc1ccc(C)o1. The molecule has 0 bridgehead atoms. The molecule has 2 aromatic heterocycles. The molecule has 5 heteroatoms. The van der Waals surface area contributed by atoms with Gasteiger partial charge in [-0.2, -0.15) is 0 Å². The summed E-state index contributed by atoms with van der Waals surface area (Å²) < 4.78 is 10.8. The van der Waals surface area contributed by atoms with Crippen LogP contribution in [0.25, 0.3) is 10.9 Å². The van der Waals surface area contributed by atoms with Crippen LogP contribution in [0.15, 0.2) is 40.8 Å². The normalized spacial score (nSPS) is 11.1. The number of aryl methyl sites for hydroxylation is 2. The fourth-order valence-corrected chi connectivity index (χ4v) is 2.76. The van der Waals surface area contributed by atoms with Gasteiger partial charge in [0.1, 0.15) is 17.3 Å². The van der Waals surface area contributed by atoms with E-state index in [0.717, 1.165) is 58.9 Å². The third kappa shape index (κ3) is 3.68. The zero-order valence-electron chi connectivity index (χ0n) is 14.1. The van der Waals surface area contributed by atoms with Crippen molar-refractivity contribution < 1.29 is 9.15 Å². The molecule has 0 aliphatic heterocycles. The number of nitrogen functional groups attached to an aromatic ring is 1. The van der Waals surface area contributed by atoms with Gasteiger partial charge in [0.2, 0.25) is 0 Å². The maximum atomic E-state index is 6.10. The minimum atomic E-state index is 0.603. The van der Waals surface area contributed by atoms with E-state index in [0.29, 0.717) is 6.54 Å². The Morgan fingerprint density at radius 3 is 2.88 bits per heavy atom. The summed E-state index contributed by atoms with van der Waals surface area (Å²) >= 11 is 0. The molecule has 0 saturated carbocycles. The van der Waals surface area contributed by atoms with Crippen molar-refractivity contribution in [2.45, 2.75) is 26.3 Å². The Kier molecular flexibility index (Phi) is 5.01. The monoisotopic (exact) mass is 325 g/mol. The summed E-state index contributed by atoms with van der Waals surface area (Å²) in [5.41, 5.74) is 8.88. The molecular formula is C19H23N3O2. The number of furan rings is 1. The quantitative estimate of drug-likeness (QED) is 0.509. The Hall–Kier alpha value is -2.53. The van der Waals surface area contributed by atoms with Crippen LogP contribution in [0.3, 0.4) is 0 Å². The second kappa shape index (κ2) is 7.36. The minimum absolute atomic E-state index is 0.603. The Labute approximate surface area is 141 Å². The molecule has 0 aliphatic carbocycles. The number of benzene rings is 1.